The Balaban J connectivity index is 0.00000112. The number of hydrogen-bond acceptors (Lipinski definition) is 2. The van der Waals surface area contributed by atoms with Gasteiger partial charge in [0.15, 0.2) is 0 Å². The number of nitrogens with zero attached hydrogens (tertiary/aromatic N) is 1. The van der Waals surface area contributed by atoms with E-state index >= 15 is 0 Å². The third-order valence-electron chi connectivity index (χ3n) is 2.11. The molecular formula is C11H8NO2Y-. The fourth-order valence-corrected chi connectivity index (χ4v) is 1.46. The van der Waals surface area contributed by atoms with Crippen LogP contribution in [0.2, 0.25) is 0 Å². The first-order valence-electron chi connectivity index (χ1n) is 4.20. The third-order valence-corrected chi connectivity index (χ3v) is 2.11. The molecule has 73 valence electrons. The Hall–Kier alpha value is -0.796. The van der Waals surface area contributed by atoms with E-state index < -0.39 is 5.97 Å². The van der Waals surface area contributed by atoms with E-state index in [1.165, 1.54) is 0 Å². The van der Waals surface area contributed by atoms with E-state index in [1.807, 2.05) is 6.07 Å². The van der Waals surface area contributed by atoms with Crippen LogP contribution in [0.1, 0.15) is 15.9 Å². The van der Waals surface area contributed by atoms with Crippen molar-refractivity contribution in [2.75, 3.05) is 0 Å². The number of benzene rings is 1. The summed E-state index contributed by atoms with van der Waals surface area (Å²) in [4.78, 5) is 15.0. The van der Waals surface area contributed by atoms with Crippen molar-refractivity contribution in [3.05, 3.63) is 41.6 Å². The number of aryl methyl sites for hydroxylation is 1. The third kappa shape index (κ3) is 2.24. The first-order chi connectivity index (χ1) is 6.70. The van der Waals surface area contributed by atoms with E-state index in [0.29, 0.717) is 16.5 Å². The first-order valence-corrected chi connectivity index (χ1v) is 4.20. The number of rotatable bonds is 1. The summed E-state index contributed by atoms with van der Waals surface area (Å²) in [7, 11) is 0. The van der Waals surface area contributed by atoms with Crippen molar-refractivity contribution in [1.82, 2.24) is 4.98 Å². The maximum absolute atomic E-state index is 11.0. The maximum Gasteiger partial charge on any atom is 0.279 e. The number of pyridine rings is 1. The van der Waals surface area contributed by atoms with Crippen molar-refractivity contribution in [2.24, 2.45) is 0 Å². The van der Waals surface area contributed by atoms with Crippen molar-refractivity contribution >= 4 is 16.9 Å². The summed E-state index contributed by atoms with van der Waals surface area (Å²) in [6.07, 6.45) is 2.69. The molecule has 1 radical (unpaired) electrons. The van der Waals surface area contributed by atoms with E-state index in [0.717, 1.165) is 0 Å². The van der Waals surface area contributed by atoms with Crippen LogP contribution in [-0.4, -0.2) is 16.1 Å². The average Bonchev–Trinajstić information content (AvgIpc) is 2.17. The number of carboxylic acid groups (broad SMARTS) is 1. The molecule has 0 atom stereocenters. The van der Waals surface area contributed by atoms with Gasteiger partial charge in [0.2, 0.25) is 0 Å². The minimum atomic E-state index is -0.933. The molecule has 0 fully saturated rings. The molecule has 1 aromatic carbocycles. The van der Waals surface area contributed by atoms with E-state index in [4.69, 9.17) is 5.11 Å². The summed E-state index contributed by atoms with van der Waals surface area (Å²) in [6.45, 7) is 1.70. The van der Waals surface area contributed by atoms with Gasteiger partial charge >= 0.3 is 0 Å². The Morgan fingerprint density at radius 1 is 1.40 bits per heavy atom. The summed E-state index contributed by atoms with van der Waals surface area (Å²) in [6, 6.07) is 7.16. The quantitative estimate of drug-likeness (QED) is 0.810. The zero-order valence-corrected chi connectivity index (χ0v) is 11.0. The van der Waals surface area contributed by atoms with E-state index in [9.17, 15) is 4.79 Å². The normalized spacial score (nSPS) is 9.67. The summed E-state index contributed by atoms with van der Waals surface area (Å²) in [5, 5.41) is 9.68. The van der Waals surface area contributed by atoms with E-state index in [2.05, 4.69) is 11.2 Å². The molecular weight excluding hydrogens is 267 g/mol. The predicted octanol–water partition coefficient (Wildman–Crippen LogP) is 2.04. The Labute approximate surface area is 112 Å². The maximum atomic E-state index is 11.0. The fraction of sp³-hybridized carbons (Fsp3) is 0.0909. The second-order valence-electron chi connectivity index (χ2n) is 3.05. The van der Waals surface area contributed by atoms with Crippen LogP contribution in [0.25, 0.3) is 10.9 Å². The SMILES string of the molecule is Cc1[c-]nc2ccccc2c1C(=O)O.[Y]. The topological polar surface area (TPSA) is 50.2 Å². The Morgan fingerprint density at radius 2 is 2.07 bits per heavy atom. The van der Waals surface area contributed by atoms with Gasteiger partial charge in [-0.05, 0) is 11.1 Å². The monoisotopic (exact) mass is 275 g/mol. The van der Waals surface area contributed by atoms with Crippen molar-refractivity contribution < 1.29 is 42.6 Å². The zero-order chi connectivity index (χ0) is 10.1. The van der Waals surface area contributed by atoms with Gasteiger partial charge in [0.05, 0.1) is 0 Å². The molecule has 4 heteroatoms. The molecule has 0 aliphatic carbocycles. The molecule has 0 aliphatic heterocycles. The molecule has 0 spiro atoms. The molecule has 1 heterocycles. The van der Waals surface area contributed by atoms with Gasteiger partial charge in [0.1, 0.15) is 0 Å². The number of para-hydroxylation sites is 1. The predicted molar refractivity (Wildman–Crippen MR) is 52.3 cm³/mol. The second-order valence-corrected chi connectivity index (χ2v) is 3.05. The average molecular weight is 275 g/mol. The van der Waals surface area contributed by atoms with Crippen LogP contribution in [0.15, 0.2) is 24.3 Å². The first kappa shape index (κ1) is 12.3. The van der Waals surface area contributed by atoms with Crippen molar-refractivity contribution in [1.29, 1.82) is 0 Å². The summed E-state index contributed by atoms with van der Waals surface area (Å²) < 4.78 is 0. The van der Waals surface area contributed by atoms with Gasteiger partial charge in [-0.15, -0.1) is 5.56 Å². The molecule has 0 saturated carbocycles. The van der Waals surface area contributed by atoms with Gasteiger partial charge in [0, 0.05) is 32.7 Å². The van der Waals surface area contributed by atoms with Crippen molar-refractivity contribution in [3.8, 4) is 0 Å². The van der Waals surface area contributed by atoms with E-state index in [-0.39, 0.29) is 38.3 Å². The Morgan fingerprint density at radius 3 is 2.73 bits per heavy atom. The standard InChI is InChI=1S/C11H8NO2.Y/c1-7-6-12-9-5-3-2-4-8(9)10(7)11(13)14;/h2-5H,1H3,(H,13,14);/q-1;. The van der Waals surface area contributed by atoms with Gasteiger partial charge in [-0.2, -0.15) is 0 Å². The molecule has 1 N–H and O–H groups in total. The van der Waals surface area contributed by atoms with Crippen LogP contribution in [-0.2, 0) is 32.7 Å². The second kappa shape index (κ2) is 4.82. The van der Waals surface area contributed by atoms with Crippen molar-refractivity contribution in [2.45, 2.75) is 6.92 Å². The largest absolute Gasteiger partial charge is 0.487 e. The number of aromatic nitrogens is 1. The van der Waals surface area contributed by atoms with Gasteiger partial charge in [0.25, 0.3) is 5.97 Å². The zero-order valence-electron chi connectivity index (χ0n) is 8.19. The van der Waals surface area contributed by atoms with Crippen LogP contribution in [0.4, 0.5) is 0 Å². The van der Waals surface area contributed by atoms with Crippen LogP contribution >= 0.6 is 0 Å². The number of aromatic carboxylic acids is 1. The fourth-order valence-electron chi connectivity index (χ4n) is 1.46. The number of carbonyl (C=O) groups is 1. The molecule has 2 rings (SSSR count). The van der Waals surface area contributed by atoms with Crippen LogP contribution < -0.4 is 0 Å². The molecule has 0 unspecified atom stereocenters. The summed E-state index contributed by atoms with van der Waals surface area (Å²) in [5.74, 6) is -0.933. The number of fused-ring (bicyclic) bond motifs is 1. The number of carboxylic acids is 1. The van der Waals surface area contributed by atoms with Crippen LogP contribution in [0.3, 0.4) is 0 Å². The Bertz CT molecular complexity index is 511. The molecule has 15 heavy (non-hydrogen) atoms. The van der Waals surface area contributed by atoms with Gasteiger partial charge in [-0.25, -0.2) is 0 Å². The summed E-state index contributed by atoms with van der Waals surface area (Å²) >= 11 is 0. The molecule has 2 aromatic rings. The van der Waals surface area contributed by atoms with Crippen LogP contribution in [0.5, 0.6) is 0 Å². The van der Waals surface area contributed by atoms with Crippen molar-refractivity contribution in [3.63, 3.8) is 0 Å². The molecule has 0 aliphatic rings. The van der Waals surface area contributed by atoms with Crippen LogP contribution in [0, 0.1) is 13.1 Å². The smallest absolute Gasteiger partial charge is 0.279 e. The molecule has 1 aromatic heterocycles. The molecule has 0 saturated heterocycles. The minimum absolute atomic E-state index is 0. The Kier molecular flexibility index (Phi) is 3.94. The minimum Gasteiger partial charge on any atom is -0.487 e. The van der Waals surface area contributed by atoms with Gasteiger partial charge in [-0.1, -0.05) is 42.8 Å². The van der Waals surface area contributed by atoms with E-state index in [1.54, 1.807) is 25.1 Å². The summed E-state index contributed by atoms with van der Waals surface area (Å²) in [5.41, 5.74) is 1.52. The number of hydrogen-bond donors (Lipinski definition) is 1. The van der Waals surface area contributed by atoms with Gasteiger partial charge < -0.3 is 10.1 Å². The molecule has 0 bridgehead atoms. The molecule has 3 nitrogen and oxygen atoms in total. The van der Waals surface area contributed by atoms with Gasteiger partial charge in [-0.3, -0.25) is 4.79 Å². The molecule has 0 amide bonds.